The first-order chi connectivity index (χ1) is 34.1. The molecular weight excluding hydrogens is 639 g/mol. The quantitative estimate of drug-likeness (QED) is 0.184. The van der Waals surface area contributed by atoms with Crippen molar-refractivity contribution in [2.45, 2.75) is 0 Å². The van der Waals surface area contributed by atoms with Gasteiger partial charge in [-0.2, -0.15) is 0 Å². The van der Waals surface area contributed by atoms with Gasteiger partial charge in [0.2, 0.25) is 0 Å². The van der Waals surface area contributed by atoms with Crippen molar-refractivity contribution in [3.63, 3.8) is 0 Å². The van der Waals surface area contributed by atoms with E-state index in [4.69, 9.17) is 47.1 Å². The van der Waals surface area contributed by atoms with Crippen molar-refractivity contribution in [2.75, 3.05) is 0 Å². The molecule has 0 unspecified atom stereocenters. The zero-order valence-corrected chi connectivity index (χ0v) is 26.2. The van der Waals surface area contributed by atoms with Crippen molar-refractivity contribution in [3.8, 4) is 45.3 Å². The number of aromatic nitrogens is 3. The number of furan rings is 2. The Morgan fingerprint density at radius 1 is 0.423 bits per heavy atom. The van der Waals surface area contributed by atoms with Crippen molar-refractivity contribution < 1.29 is 36.2 Å². The van der Waals surface area contributed by atoms with Gasteiger partial charge in [0.1, 0.15) is 22.3 Å². The summed E-state index contributed by atoms with van der Waals surface area (Å²) in [5, 5.41) is -0.652. The Balaban J connectivity index is 1.36. The third-order valence-electron chi connectivity index (χ3n) is 8.72. The number of fused-ring (bicyclic) bond motifs is 9. The number of hydrogen-bond acceptors (Lipinski definition) is 5. The Bertz CT molecular complexity index is 4330. The maximum absolute atomic E-state index is 9.91. The minimum Gasteiger partial charge on any atom is -0.456 e. The molecule has 0 amide bonds. The third kappa shape index (κ3) is 4.39. The molecule has 0 bridgehead atoms. The summed E-state index contributed by atoms with van der Waals surface area (Å²) >= 11 is 0. The van der Waals surface area contributed by atoms with E-state index in [0.29, 0.717) is 10.9 Å². The van der Waals surface area contributed by atoms with Crippen molar-refractivity contribution in [1.82, 2.24) is 15.0 Å². The maximum atomic E-state index is 9.91. The van der Waals surface area contributed by atoms with E-state index < -0.39 is 188 Å². The molecule has 0 atom stereocenters. The molecule has 3 heterocycles. The molecule has 0 aliphatic rings. The first kappa shape index (κ1) is 15.4. The molecular formula is C47H27N3O2. The van der Waals surface area contributed by atoms with Gasteiger partial charge >= 0.3 is 0 Å². The fourth-order valence-corrected chi connectivity index (χ4v) is 6.44. The predicted molar refractivity (Wildman–Crippen MR) is 211 cm³/mol. The largest absolute Gasteiger partial charge is 0.456 e. The predicted octanol–water partition coefficient (Wildman–Crippen LogP) is 12.6. The fourth-order valence-electron chi connectivity index (χ4n) is 6.44. The highest BCUT2D eigenvalue weighted by molar-refractivity contribution is 6.22. The van der Waals surface area contributed by atoms with Crippen LogP contribution in [0.15, 0.2) is 172 Å². The van der Waals surface area contributed by atoms with Crippen molar-refractivity contribution in [3.05, 3.63) is 163 Å². The molecule has 11 aromatic rings. The topological polar surface area (TPSA) is 65.0 Å². The van der Waals surface area contributed by atoms with E-state index in [2.05, 4.69) is 0 Å². The van der Waals surface area contributed by atoms with E-state index in [1.165, 1.54) is 0 Å². The van der Waals surface area contributed by atoms with E-state index in [1.807, 2.05) is 18.2 Å². The molecule has 0 saturated carbocycles. The Morgan fingerprint density at radius 3 is 1.83 bits per heavy atom. The maximum Gasteiger partial charge on any atom is 0.164 e. The monoisotopic (exact) mass is 685 g/mol. The van der Waals surface area contributed by atoms with Gasteiger partial charge in [-0.05, 0) is 57.5 Å². The van der Waals surface area contributed by atoms with Crippen molar-refractivity contribution >= 4 is 65.4 Å². The molecule has 0 N–H and O–H groups in total. The Morgan fingerprint density at radius 2 is 1.04 bits per heavy atom. The molecule has 0 fully saturated rings. The fraction of sp³-hybridized carbons (Fsp3) is 0. The first-order valence-electron chi connectivity index (χ1n) is 25.7. The van der Waals surface area contributed by atoms with Crippen molar-refractivity contribution in [2.24, 2.45) is 0 Å². The van der Waals surface area contributed by atoms with Gasteiger partial charge in [0.15, 0.2) is 17.5 Å². The summed E-state index contributed by atoms with van der Waals surface area (Å²) in [7, 11) is 0. The lowest BCUT2D eigenvalue weighted by Crippen LogP contribution is -2.00. The van der Waals surface area contributed by atoms with Gasteiger partial charge in [-0.25, -0.2) is 15.0 Å². The van der Waals surface area contributed by atoms with Crippen molar-refractivity contribution in [1.29, 1.82) is 0 Å². The molecule has 0 aliphatic carbocycles. The minimum absolute atomic E-state index is 0.170. The molecule has 8 aromatic carbocycles. The van der Waals surface area contributed by atoms with Crippen LogP contribution in [0, 0.1) is 0 Å². The zero-order chi connectivity index (χ0) is 51.6. The average molecular weight is 686 g/mol. The summed E-state index contributed by atoms with van der Waals surface area (Å²) in [5.74, 6) is -1.14. The van der Waals surface area contributed by atoms with Gasteiger partial charge in [0.25, 0.3) is 0 Å². The van der Waals surface area contributed by atoms with Gasteiger partial charge in [-0.15, -0.1) is 0 Å². The van der Waals surface area contributed by atoms with Gasteiger partial charge in [-0.1, -0.05) is 133 Å². The van der Waals surface area contributed by atoms with Crippen LogP contribution >= 0.6 is 0 Å². The SMILES string of the molecule is [2H]c1c([2H])c([2H])c(-c2c([2H])c3c(oc4c([2H])c([2H])c([2H])c(-c5nc(-c6ccc7ccccc7c6)nc(-c6c([2H])c([2H])c([2H])c7oc8c([2H])c([2H])c([2H])c([2H])c8c67)n5)c43)c3c([2H])c([2H])c([2H])c([2H])c23)c([2H])c1[2H]. The number of para-hydroxylation sites is 1. The Hall–Kier alpha value is -7.11. The molecule has 5 heteroatoms. The zero-order valence-electron chi connectivity index (χ0n) is 46.2. The highest BCUT2D eigenvalue weighted by Gasteiger charge is 2.22. The minimum atomic E-state index is -0.824. The summed E-state index contributed by atoms with van der Waals surface area (Å²) in [6, 6.07) is -2.37. The lowest BCUT2D eigenvalue weighted by atomic mass is 9.94. The standard InChI is InChI=1S/C47H27N3O2/c1-2-13-29(14-3-1)37-27-38-43-36(20-11-23-41(43)52-44(38)33-17-7-6-16-32(33)37)47-49-45(31-25-24-28-12-4-5-15-30(28)26-31)48-46(50-47)35-19-10-22-40-42(35)34-18-8-9-21-39(34)51-40/h1-27H/i1D,2D,3D,6D,7D,8D,9D,10D,11D,13D,14D,16D,17D,18D,19D,20D,21D,22D,23D,27D. The van der Waals surface area contributed by atoms with E-state index in [1.54, 1.807) is 24.3 Å². The first-order valence-corrected chi connectivity index (χ1v) is 15.7. The van der Waals surface area contributed by atoms with Crippen LogP contribution in [0.3, 0.4) is 0 Å². The van der Waals surface area contributed by atoms with E-state index in [-0.39, 0.29) is 27.5 Å². The molecule has 0 radical (unpaired) electrons. The van der Waals surface area contributed by atoms with Crippen LogP contribution in [0.1, 0.15) is 27.4 Å². The molecule has 242 valence electrons. The van der Waals surface area contributed by atoms with Crippen LogP contribution in [-0.4, -0.2) is 15.0 Å². The third-order valence-corrected chi connectivity index (χ3v) is 8.72. The lowest BCUT2D eigenvalue weighted by molar-refractivity contribution is 0.669. The Labute approximate surface area is 325 Å². The molecule has 0 aliphatic heterocycles. The highest BCUT2D eigenvalue weighted by Crippen LogP contribution is 2.43. The van der Waals surface area contributed by atoms with Gasteiger partial charge in [0.05, 0.1) is 27.4 Å². The molecule has 11 rings (SSSR count). The van der Waals surface area contributed by atoms with Crippen LogP contribution in [0.4, 0.5) is 0 Å². The Kier molecular flexibility index (Phi) is 3.32. The van der Waals surface area contributed by atoms with E-state index in [9.17, 15) is 4.11 Å². The highest BCUT2D eigenvalue weighted by atomic mass is 16.3. The lowest BCUT2D eigenvalue weighted by Gasteiger charge is -2.11. The van der Waals surface area contributed by atoms with Crippen LogP contribution in [0.5, 0.6) is 0 Å². The van der Waals surface area contributed by atoms with Gasteiger partial charge < -0.3 is 8.83 Å². The number of nitrogens with zero attached hydrogens (tertiary/aromatic N) is 3. The van der Waals surface area contributed by atoms with Crippen LogP contribution in [-0.2, 0) is 0 Å². The summed E-state index contributed by atoms with van der Waals surface area (Å²) in [4.78, 5) is 14.3. The van der Waals surface area contributed by atoms with Gasteiger partial charge in [0, 0.05) is 43.6 Å². The van der Waals surface area contributed by atoms with Gasteiger partial charge in [-0.3, -0.25) is 0 Å². The summed E-state index contributed by atoms with van der Waals surface area (Å²) < 4.78 is 190. The summed E-state index contributed by atoms with van der Waals surface area (Å²) in [5.41, 5.74) is -3.45. The molecule has 3 aromatic heterocycles. The second-order valence-electron chi connectivity index (χ2n) is 11.6. The number of hydrogen-bond donors (Lipinski definition) is 0. The molecule has 0 saturated heterocycles. The summed E-state index contributed by atoms with van der Waals surface area (Å²) in [6.07, 6.45) is 0. The van der Waals surface area contributed by atoms with Crippen LogP contribution < -0.4 is 0 Å². The molecule has 0 spiro atoms. The second kappa shape index (κ2) is 11.2. The number of benzene rings is 8. The van der Waals surface area contributed by atoms with E-state index in [0.717, 1.165) is 5.39 Å². The molecule has 52 heavy (non-hydrogen) atoms. The van der Waals surface area contributed by atoms with E-state index >= 15 is 0 Å². The smallest absolute Gasteiger partial charge is 0.164 e. The number of rotatable bonds is 4. The average Bonchev–Trinajstić information content (AvgIpc) is 3.97. The second-order valence-corrected chi connectivity index (χ2v) is 11.6. The normalized spacial score (nSPS) is 17.2. The van der Waals surface area contributed by atoms with Crippen LogP contribution in [0.2, 0.25) is 0 Å². The summed E-state index contributed by atoms with van der Waals surface area (Å²) in [6.45, 7) is 0. The van der Waals surface area contributed by atoms with Crippen LogP contribution in [0.25, 0.3) is 111 Å². The molecule has 5 nitrogen and oxygen atoms in total.